The molecular weight excluding hydrogens is 251 g/mol. The normalized spacial score (nSPS) is 28.2. The van der Waals surface area contributed by atoms with Gasteiger partial charge in [0.15, 0.2) is 7.98 Å². The van der Waals surface area contributed by atoms with E-state index in [4.69, 9.17) is 17.5 Å². The van der Waals surface area contributed by atoms with Crippen LogP contribution in [0.25, 0.3) is 0 Å². The average molecular weight is 272 g/mol. The molecular formula is C15H21BN2O2. The van der Waals surface area contributed by atoms with Gasteiger partial charge < -0.3 is 14.3 Å². The van der Waals surface area contributed by atoms with Crippen LogP contribution in [0.4, 0.5) is 0 Å². The van der Waals surface area contributed by atoms with E-state index in [0.717, 1.165) is 24.3 Å². The Morgan fingerprint density at radius 2 is 2.15 bits per heavy atom. The van der Waals surface area contributed by atoms with Crippen molar-refractivity contribution < 1.29 is 9.47 Å². The molecule has 0 unspecified atom stereocenters. The van der Waals surface area contributed by atoms with Crippen LogP contribution in [-0.4, -0.2) is 43.1 Å². The number of fused-ring (bicyclic) bond motifs is 1. The highest BCUT2D eigenvalue weighted by molar-refractivity contribution is 6.05. The van der Waals surface area contributed by atoms with Crippen molar-refractivity contribution >= 4 is 7.98 Å². The first kappa shape index (κ1) is 13.7. The molecule has 0 amide bonds. The van der Waals surface area contributed by atoms with Crippen LogP contribution in [0.5, 0.6) is 11.8 Å². The Balaban J connectivity index is 1.64. The van der Waals surface area contributed by atoms with Crippen LogP contribution in [-0.2, 0) is 6.42 Å². The third-order valence-corrected chi connectivity index (χ3v) is 4.26. The summed E-state index contributed by atoms with van der Waals surface area (Å²) >= 11 is 0. The second kappa shape index (κ2) is 5.64. The smallest absolute Gasteiger partial charge is 0.219 e. The Hall–Kier alpha value is -1.23. The highest BCUT2D eigenvalue weighted by atomic mass is 16.5. The highest BCUT2D eigenvalue weighted by Gasteiger charge is 2.49. The molecule has 0 spiro atoms. The van der Waals surface area contributed by atoms with Crippen molar-refractivity contribution in [2.75, 3.05) is 13.2 Å². The molecule has 2 radical (unpaired) electrons. The monoisotopic (exact) mass is 272 g/mol. The van der Waals surface area contributed by atoms with Gasteiger partial charge in [0.05, 0.1) is 6.61 Å². The second-order valence-electron chi connectivity index (χ2n) is 5.61. The zero-order valence-corrected chi connectivity index (χ0v) is 12.2. The Kier molecular flexibility index (Phi) is 3.88. The number of aryl methyl sites for hydroxylation is 1. The molecule has 4 nitrogen and oxygen atoms in total. The summed E-state index contributed by atoms with van der Waals surface area (Å²) in [5, 5.41) is 0. The van der Waals surface area contributed by atoms with Crippen LogP contribution in [0, 0.1) is 5.92 Å². The molecule has 2 aliphatic rings. The lowest BCUT2D eigenvalue weighted by Gasteiger charge is -2.23. The van der Waals surface area contributed by atoms with Crippen LogP contribution in [0.2, 0.25) is 0 Å². The molecule has 0 N–H and O–H groups in total. The van der Waals surface area contributed by atoms with Crippen LogP contribution >= 0.6 is 0 Å². The van der Waals surface area contributed by atoms with Gasteiger partial charge in [-0.15, -0.1) is 0 Å². The first-order valence-corrected chi connectivity index (χ1v) is 7.51. The fourth-order valence-electron chi connectivity index (χ4n) is 3.00. The Bertz CT molecular complexity index is 483. The van der Waals surface area contributed by atoms with Gasteiger partial charge in [0, 0.05) is 23.7 Å². The van der Waals surface area contributed by atoms with E-state index in [1.54, 1.807) is 0 Å². The molecule has 1 aliphatic heterocycles. The molecule has 5 heteroatoms. The van der Waals surface area contributed by atoms with Gasteiger partial charge >= 0.3 is 0 Å². The van der Waals surface area contributed by atoms with Crippen molar-refractivity contribution in [1.29, 1.82) is 0 Å². The lowest BCUT2D eigenvalue weighted by atomic mass is 10.1. The minimum absolute atomic E-state index is 0.320. The van der Waals surface area contributed by atoms with Gasteiger partial charge in [-0.05, 0) is 38.2 Å². The van der Waals surface area contributed by atoms with Crippen LogP contribution in [0.3, 0.4) is 0 Å². The zero-order chi connectivity index (χ0) is 14.1. The lowest BCUT2D eigenvalue weighted by Crippen LogP contribution is -2.35. The van der Waals surface area contributed by atoms with E-state index >= 15 is 0 Å². The van der Waals surface area contributed by atoms with E-state index in [0.29, 0.717) is 37.1 Å². The zero-order valence-electron chi connectivity index (χ0n) is 12.2. The summed E-state index contributed by atoms with van der Waals surface area (Å²) in [5.41, 5.74) is 1.11. The van der Waals surface area contributed by atoms with Crippen molar-refractivity contribution in [3.05, 3.63) is 17.7 Å². The van der Waals surface area contributed by atoms with Crippen molar-refractivity contribution in [3.8, 4) is 11.8 Å². The van der Waals surface area contributed by atoms with Crippen molar-refractivity contribution in [1.82, 2.24) is 9.79 Å². The summed E-state index contributed by atoms with van der Waals surface area (Å²) in [5.74, 6) is 2.10. The predicted molar refractivity (Wildman–Crippen MR) is 78.2 cm³/mol. The Morgan fingerprint density at radius 3 is 2.80 bits per heavy atom. The predicted octanol–water partition coefficient (Wildman–Crippen LogP) is 1.97. The summed E-state index contributed by atoms with van der Waals surface area (Å²) in [7, 11) is 6.08. The topological polar surface area (TPSA) is 34.6 Å². The minimum Gasteiger partial charge on any atom is -0.478 e. The van der Waals surface area contributed by atoms with E-state index < -0.39 is 0 Å². The third kappa shape index (κ3) is 2.64. The van der Waals surface area contributed by atoms with E-state index in [-0.39, 0.29) is 0 Å². The third-order valence-electron chi connectivity index (χ3n) is 4.26. The number of rotatable bonds is 6. The molecule has 3 rings (SSSR count). The maximum absolute atomic E-state index is 6.08. The molecule has 1 aromatic rings. The fraction of sp³-hybridized carbons (Fsp3) is 0.667. The van der Waals surface area contributed by atoms with E-state index in [2.05, 4.69) is 11.9 Å². The first-order chi connectivity index (χ1) is 9.72. The van der Waals surface area contributed by atoms with Crippen LogP contribution < -0.4 is 9.47 Å². The first-order valence-electron chi connectivity index (χ1n) is 7.51. The van der Waals surface area contributed by atoms with Crippen LogP contribution in [0.15, 0.2) is 12.1 Å². The largest absolute Gasteiger partial charge is 0.478 e. The van der Waals surface area contributed by atoms with E-state index in [1.807, 2.05) is 23.9 Å². The Labute approximate surface area is 121 Å². The van der Waals surface area contributed by atoms with Gasteiger partial charge in [-0.1, -0.05) is 6.92 Å². The molecule has 20 heavy (non-hydrogen) atoms. The van der Waals surface area contributed by atoms with Gasteiger partial charge in [-0.25, -0.2) is 0 Å². The minimum atomic E-state index is 0.320. The van der Waals surface area contributed by atoms with Gasteiger partial charge in [0.1, 0.15) is 6.61 Å². The van der Waals surface area contributed by atoms with Gasteiger partial charge in [0.25, 0.3) is 0 Å². The molecule has 1 aliphatic carbocycles. The van der Waals surface area contributed by atoms with Gasteiger partial charge in [0.2, 0.25) is 11.8 Å². The molecule has 2 fully saturated rings. The number of hydrogen-bond acceptors (Lipinski definition) is 4. The number of pyridine rings is 1. The molecule has 0 aromatic carbocycles. The SMILES string of the molecule is [B]N1[C@@H](COc2nc(OCC)ccc2CC)C[C@@H]2C[C@@H]21. The lowest BCUT2D eigenvalue weighted by molar-refractivity contribution is 0.209. The maximum atomic E-state index is 6.08. The maximum Gasteiger partial charge on any atom is 0.219 e. The molecule has 106 valence electrons. The molecule has 3 atom stereocenters. The fourth-order valence-corrected chi connectivity index (χ4v) is 3.00. The van der Waals surface area contributed by atoms with Gasteiger partial charge in [-0.3, -0.25) is 0 Å². The average Bonchev–Trinajstić information content (AvgIpc) is 3.16. The summed E-state index contributed by atoms with van der Waals surface area (Å²) in [6, 6.07) is 4.84. The highest BCUT2D eigenvalue weighted by Crippen LogP contribution is 2.46. The van der Waals surface area contributed by atoms with E-state index in [9.17, 15) is 0 Å². The van der Waals surface area contributed by atoms with Crippen molar-refractivity contribution in [2.45, 2.75) is 45.2 Å². The molecule has 0 bridgehead atoms. The summed E-state index contributed by atoms with van der Waals surface area (Å²) in [4.78, 5) is 6.42. The van der Waals surface area contributed by atoms with Crippen molar-refractivity contribution in [2.24, 2.45) is 5.92 Å². The second-order valence-corrected chi connectivity index (χ2v) is 5.61. The summed E-state index contributed by atoms with van der Waals surface area (Å²) in [6.45, 7) is 5.27. The van der Waals surface area contributed by atoms with E-state index in [1.165, 1.54) is 6.42 Å². The summed E-state index contributed by atoms with van der Waals surface area (Å²) in [6.07, 6.45) is 3.30. The number of nitrogens with zero attached hydrogens (tertiary/aromatic N) is 2. The molecule has 1 aromatic heterocycles. The molecule has 1 saturated heterocycles. The number of hydrogen-bond donors (Lipinski definition) is 0. The number of aromatic nitrogens is 1. The standard InChI is InChI=1S/C15H21BN2O2/c1-3-10-5-6-14(19-4-2)17-15(10)20-9-12-7-11-8-13(11)18(12)16/h5-6,11-13H,3-4,7-9H2,1-2H3/t11-,12-,13+/m1/s1. The quantitative estimate of drug-likeness (QED) is 0.741. The number of piperidine rings is 1. The molecule has 2 heterocycles. The summed E-state index contributed by atoms with van der Waals surface area (Å²) < 4.78 is 11.4. The van der Waals surface area contributed by atoms with Crippen LogP contribution in [0.1, 0.15) is 32.3 Å². The van der Waals surface area contributed by atoms with Gasteiger partial charge in [-0.2, -0.15) is 4.98 Å². The van der Waals surface area contributed by atoms with Crippen molar-refractivity contribution in [3.63, 3.8) is 0 Å². The Morgan fingerprint density at radius 1 is 1.30 bits per heavy atom. The molecule has 1 saturated carbocycles. The number of ether oxygens (including phenoxy) is 2.